The number of nitrogens with zero attached hydrogens (tertiary/aromatic N) is 1. The number of halogens is 2. The summed E-state index contributed by atoms with van der Waals surface area (Å²) in [5.41, 5.74) is 3.58. The molecule has 1 aromatic heterocycles. The Morgan fingerprint density at radius 1 is 1.33 bits per heavy atom. The van der Waals surface area contributed by atoms with Gasteiger partial charge >= 0.3 is 0 Å². The summed E-state index contributed by atoms with van der Waals surface area (Å²) in [7, 11) is 0. The number of aromatic nitrogens is 1. The van der Waals surface area contributed by atoms with Gasteiger partial charge < -0.3 is 5.32 Å². The van der Waals surface area contributed by atoms with E-state index in [1.165, 1.54) is 11.3 Å². The molecule has 2 aromatic rings. The zero-order chi connectivity index (χ0) is 12.5. The van der Waals surface area contributed by atoms with Gasteiger partial charge in [-0.25, -0.2) is 0 Å². The molecule has 1 N–H and O–H groups in total. The molecule has 0 spiro atoms. The first-order chi connectivity index (χ1) is 8.74. The second-order valence-electron chi connectivity index (χ2n) is 4.41. The first-order valence-corrected chi connectivity index (χ1v) is 7.06. The average Bonchev–Trinajstić information content (AvgIpc) is 2.78. The summed E-state index contributed by atoms with van der Waals surface area (Å²) in [4.78, 5) is 4.48. The number of benzene rings is 1. The molecule has 1 aromatic carbocycles. The van der Waals surface area contributed by atoms with Gasteiger partial charge in [-0.15, -0.1) is 0 Å². The van der Waals surface area contributed by atoms with Gasteiger partial charge in [0, 0.05) is 16.4 Å². The van der Waals surface area contributed by atoms with E-state index in [0.29, 0.717) is 6.04 Å². The van der Waals surface area contributed by atoms with Crippen LogP contribution in [0.15, 0.2) is 41.0 Å². The Balaban J connectivity index is 1.84. The molecule has 0 fully saturated rings. The van der Waals surface area contributed by atoms with Crippen molar-refractivity contribution in [1.82, 2.24) is 4.98 Å². The lowest BCUT2D eigenvalue weighted by molar-refractivity contribution is 0.746. The summed E-state index contributed by atoms with van der Waals surface area (Å²) in [6.45, 7) is 0. The summed E-state index contributed by atoms with van der Waals surface area (Å²) >= 11 is 9.43. The van der Waals surface area contributed by atoms with Crippen molar-refractivity contribution < 1.29 is 0 Å². The van der Waals surface area contributed by atoms with Crippen LogP contribution < -0.4 is 5.32 Å². The van der Waals surface area contributed by atoms with E-state index in [-0.39, 0.29) is 0 Å². The van der Waals surface area contributed by atoms with Gasteiger partial charge in [-0.1, -0.05) is 17.7 Å². The minimum atomic E-state index is 0.300. The van der Waals surface area contributed by atoms with Crippen LogP contribution in [-0.2, 0) is 6.42 Å². The molecule has 0 bridgehead atoms. The van der Waals surface area contributed by atoms with E-state index in [4.69, 9.17) is 11.6 Å². The molecule has 1 heterocycles. The number of rotatable bonds is 2. The first kappa shape index (κ1) is 12.0. The Labute approximate surface area is 120 Å². The van der Waals surface area contributed by atoms with Gasteiger partial charge in [0.25, 0.3) is 0 Å². The average molecular weight is 324 g/mol. The van der Waals surface area contributed by atoms with Gasteiger partial charge in [0.2, 0.25) is 0 Å². The Morgan fingerprint density at radius 3 is 3.06 bits per heavy atom. The second kappa shape index (κ2) is 4.90. The highest BCUT2D eigenvalue weighted by atomic mass is 79.9. The molecule has 1 aliphatic rings. The predicted octanol–water partition coefficient (Wildman–Crippen LogP) is 4.60. The number of pyridine rings is 1. The van der Waals surface area contributed by atoms with Crippen molar-refractivity contribution in [1.29, 1.82) is 0 Å². The molecule has 1 atom stereocenters. The van der Waals surface area contributed by atoms with Gasteiger partial charge in [0.15, 0.2) is 0 Å². The predicted molar refractivity (Wildman–Crippen MR) is 78.1 cm³/mol. The Kier molecular flexibility index (Phi) is 3.27. The lowest BCUT2D eigenvalue weighted by Gasteiger charge is -2.15. The molecule has 1 aliphatic carbocycles. The van der Waals surface area contributed by atoms with E-state index in [0.717, 1.165) is 28.0 Å². The number of aryl methyl sites for hydroxylation is 1. The van der Waals surface area contributed by atoms with E-state index < -0.39 is 0 Å². The first-order valence-electron chi connectivity index (χ1n) is 5.89. The van der Waals surface area contributed by atoms with Gasteiger partial charge in [0.1, 0.15) is 0 Å². The summed E-state index contributed by atoms with van der Waals surface area (Å²) in [6.07, 6.45) is 4.04. The maximum Gasteiger partial charge on any atom is 0.0691 e. The van der Waals surface area contributed by atoms with Crippen molar-refractivity contribution in [2.75, 3.05) is 5.32 Å². The van der Waals surface area contributed by atoms with E-state index in [9.17, 15) is 0 Å². The van der Waals surface area contributed by atoms with Crippen molar-refractivity contribution in [2.45, 2.75) is 18.9 Å². The molecule has 2 nitrogen and oxygen atoms in total. The fourth-order valence-corrected chi connectivity index (χ4v) is 2.84. The van der Waals surface area contributed by atoms with Crippen LogP contribution in [0.2, 0.25) is 5.02 Å². The number of hydrogen-bond donors (Lipinski definition) is 1. The van der Waals surface area contributed by atoms with Crippen molar-refractivity contribution in [3.63, 3.8) is 0 Å². The largest absolute Gasteiger partial charge is 0.377 e. The molecule has 0 saturated carbocycles. The molecular formula is C14H12BrClN2. The van der Waals surface area contributed by atoms with Crippen LogP contribution in [0, 0.1) is 0 Å². The number of hydrogen-bond acceptors (Lipinski definition) is 2. The van der Waals surface area contributed by atoms with Crippen LogP contribution in [0.5, 0.6) is 0 Å². The normalized spacial score (nSPS) is 17.6. The van der Waals surface area contributed by atoms with E-state index in [2.05, 4.69) is 32.3 Å². The molecule has 0 saturated heterocycles. The zero-order valence-electron chi connectivity index (χ0n) is 9.66. The molecule has 1 unspecified atom stereocenters. The highest BCUT2D eigenvalue weighted by Crippen LogP contribution is 2.33. The van der Waals surface area contributed by atoms with Crippen LogP contribution in [0.4, 0.5) is 5.69 Å². The minimum Gasteiger partial charge on any atom is -0.377 e. The highest BCUT2D eigenvalue weighted by molar-refractivity contribution is 9.10. The molecule has 18 heavy (non-hydrogen) atoms. The van der Waals surface area contributed by atoms with Crippen LogP contribution >= 0.6 is 27.5 Å². The fraction of sp³-hybridized carbons (Fsp3) is 0.214. The fourth-order valence-electron chi connectivity index (χ4n) is 2.34. The third-order valence-corrected chi connectivity index (χ3v) is 4.43. The molecule has 92 valence electrons. The molecule has 0 amide bonds. The summed E-state index contributed by atoms with van der Waals surface area (Å²) in [5, 5.41) is 4.24. The van der Waals surface area contributed by atoms with Gasteiger partial charge in [-0.05, 0) is 58.6 Å². The topological polar surface area (TPSA) is 24.9 Å². The monoisotopic (exact) mass is 322 g/mol. The second-order valence-corrected chi connectivity index (χ2v) is 5.67. The van der Waals surface area contributed by atoms with Crippen LogP contribution in [0.1, 0.15) is 23.7 Å². The van der Waals surface area contributed by atoms with Gasteiger partial charge in [-0.3, -0.25) is 4.98 Å². The van der Waals surface area contributed by atoms with Crippen molar-refractivity contribution in [2.24, 2.45) is 0 Å². The van der Waals surface area contributed by atoms with Crippen LogP contribution in [0.25, 0.3) is 0 Å². The molecular weight excluding hydrogens is 312 g/mol. The van der Waals surface area contributed by atoms with Crippen molar-refractivity contribution in [3.8, 4) is 0 Å². The van der Waals surface area contributed by atoms with Crippen molar-refractivity contribution >= 4 is 33.2 Å². The maximum atomic E-state index is 5.99. The number of anilines is 1. The molecule has 0 aliphatic heterocycles. The summed E-state index contributed by atoms with van der Waals surface area (Å²) in [6, 6.07) is 10.3. The van der Waals surface area contributed by atoms with Crippen LogP contribution in [0.3, 0.4) is 0 Å². The van der Waals surface area contributed by atoms with Crippen LogP contribution in [-0.4, -0.2) is 4.98 Å². The van der Waals surface area contributed by atoms with E-state index >= 15 is 0 Å². The SMILES string of the molecule is Clc1ccc(NC2CCc3cccnc32)cc1Br. The molecule has 4 heteroatoms. The quantitative estimate of drug-likeness (QED) is 0.874. The van der Waals surface area contributed by atoms with E-state index in [1.807, 2.05) is 30.5 Å². The third-order valence-electron chi connectivity index (χ3n) is 3.22. The van der Waals surface area contributed by atoms with Crippen molar-refractivity contribution in [3.05, 3.63) is 57.3 Å². The number of nitrogens with one attached hydrogen (secondary N) is 1. The summed E-state index contributed by atoms with van der Waals surface area (Å²) in [5.74, 6) is 0. The Hall–Kier alpha value is -1.06. The molecule has 0 radical (unpaired) electrons. The standard InChI is InChI=1S/C14H12BrClN2/c15-11-8-10(4-5-12(11)16)18-13-6-3-9-2-1-7-17-14(9)13/h1-2,4-5,7-8,13,18H,3,6H2. The lowest BCUT2D eigenvalue weighted by Crippen LogP contribution is -2.08. The molecule has 3 rings (SSSR count). The smallest absolute Gasteiger partial charge is 0.0691 e. The highest BCUT2D eigenvalue weighted by Gasteiger charge is 2.23. The summed E-state index contributed by atoms with van der Waals surface area (Å²) < 4.78 is 0.911. The Morgan fingerprint density at radius 2 is 2.22 bits per heavy atom. The van der Waals surface area contributed by atoms with Gasteiger partial charge in [0.05, 0.1) is 16.8 Å². The maximum absolute atomic E-state index is 5.99. The minimum absolute atomic E-state index is 0.300. The third kappa shape index (κ3) is 2.25. The zero-order valence-corrected chi connectivity index (χ0v) is 12.0. The Bertz CT molecular complexity index is 586. The van der Waals surface area contributed by atoms with E-state index in [1.54, 1.807) is 0 Å². The lowest BCUT2D eigenvalue weighted by atomic mass is 10.2. The van der Waals surface area contributed by atoms with Gasteiger partial charge in [-0.2, -0.15) is 0 Å². The number of fused-ring (bicyclic) bond motifs is 1.